The molecule has 0 aromatic heterocycles. The first kappa shape index (κ1) is 17.8. The predicted octanol–water partition coefficient (Wildman–Crippen LogP) is 2.92. The van der Waals surface area contributed by atoms with Gasteiger partial charge in [0.1, 0.15) is 5.75 Å². The van der Waals surface area contributed by atoms with Gasteiger partial charge >= 0.3 is 0 Å². The smallest absolute Gasteiger partial charge is 0.258 e. The Balaban J connectivity index is 1.85. The van der Waals surface area contributed by atoms with Gasteiger partial charge in [-0.15, -0.1) is 0 Å². The van der Waals surface area contributed by atoms with Crippen molar-refractivity contribution in [1.29, 1.82) is 0 Å². The van der Waals surface area contributed by atoms with Crippen LogP contribution in [0.2, 0.25) is 0 Å². The number of carbonyl (C=O) groups is 1. The van der Waals surface area contributed by atoms with Crippen molar-refractivity contribution in [3.05, 3.63) is 29.3 Å². The normalized spacial score (nSPS) is 21.3. The number of aryl methyl sites for hydroxylation is 2. The lowest BCUT2D eigenvalue weighted by Crippen LogP contribution is -2.46. The van der Waals surface area contributed by atoms with E-state index in [1.165, 1.54) is 19.3 Å². The Bertz CT molecular complexity index is 508. The second kappa shape index (κ2) is 8.34. The second-order valence-electron chi connectivity index (χ2n) is 7.09. The van der Waals surface area contributed by atoms with Crippen molar-refractivity contribution >= 4 is 5.91 Å². The van der Waals surface area contributed by atoms with Gasteiger partial charge in [-0.2, -0.15) is 0 Å². The molecule has 0 saturated heterocycles. The average Bonchev–Trinajstić information content (AvgIpc) is 2.46. The van der Waals surface area contributed by atoms with Gasteiger partial charge in [-0.3, -0.25) is 4.79 Å². The lowest BCUT2D eigenvalue weighted by molar-refractivity contribution is -0.124. The Morgan fingerprint density at radius 3 is 2.48 bits per heavy atom. The summed E-state index contributed by atoms with van der Waals surface area (Å²) in [4.78, 5) is 14.4. The van der Waals surface area contributed by atoms with Crippen LogP contribution in [0, 0.1) is 19.8 Å². The van der Waals surface area contributed by atoms with Gasteiger partial charge in [0.15, 0.2) is 6.61 Å². The van der Waals surface area contributed by atoms with Crippen LogP contribution in [0.1, 0.15) is 36.8 Å². The first-order valence-corrected chi connectivity index (χ1v) is 8.59. The minimum Gasteiger partial charge on any atom is -0.484 e. The largest absolute Gasteiger partial charge is 0.484 e. The van der Waals surface area contributed by atoms with E-state index in [-0.39, 0.29) is 18.6 Å². The third kappa shape index (κ3) is 5.87. The number of hydrogen-bond acceptors (Lipinski definition) is 3. The second-order valence-corrected chi connectivity index (χ2v) is 7.09. The maximum Gasteiger partial charge on any atom is 0.258 e. The summed E-state index contributed by atoms with van der Waals surface area (Å²) < 4.78 is 5.66. The number of nitrogens with zero attached hydrogens (tertiary/aromatic N) is 1. The van der Waals surface area contributed by atoms with E-state index < -0.39 is 0 Å². The van der Waals surface area contributed by atoms with Gasteiger partial charge in [0.2, 0.25) is 0 Å². The van der Waals surface area contributed by atoms with Gasteiger partial charge in [0, 0.05) is 12.6 Å². The van der Waals surface area contributed by atoms with Gasteiger partial charge in [-0.1, -0.05) is 18.9 Å². The molecule has 4 nitrogen and oxygen atoms in total. The van der Waals surface area contributed by atoms with Crippen LogP contribution < -0.4 is 10.1 Å². The monoisotopic (exact) mass is 318 g/mol. The molecule has 0 spiro atoms. The van der Waals surface area contributed by atoms with E-state index in [1.807, 2.05) is 26.0 Å². The molecule has 2 unspecified atom stereocenters. The average molecular weight is 318 g/mol. The zero-order chi connectivity index (χ0) is 16.8. The molecule has 1 aromatic carbocycles. The van der Waals surface area contributed by atoms with Crippen LogP contribution in [0.15, 0.2) is 18.2 Å². The zero-order valence-electron chi connectivity index (χ0n) is 14.9. The van der Waals surface area contributed by atoms with Crippen molar-refractivity contribution in [1.82, 2.24) is 10.2 Å². The molecule has 1 saturated carbocycles. The molecular weight excluding hydrogens is 288 g/mol. The standard InChI is InChI=1S/C19H30N2O2/c1-14-9-15(2)11-17(10-14)23-13-19(22)20-18-8-6-5-7-16(18)12-21(3)4/h9-11,16,18H,5-8,12-13H2,1-4H3,(H,20,22). The van der Waals surface area contributed by atoms with Crippen LogP contribution >= 0.6 is 0 Å². The van der Waals surface area contributed by atoms with Gasteiger partial charge in [-0.25, -0.2) is 0 Å². The molecule has 1 fully saturated rings. The molecule has 23 heavy (non-hydrogen) atoms. The van der Waals surface area contributed by atoms with Crippen molar-refractivity contribution in [2.75, 3.05) is 27.2 Å². The fourth-order valence-electron chi connectivity index (χ4n) is 3.50. The number of nitrogens with one attached hydrogen (secondary N) is 1. The minimum atomic E-state index is -0.0141. The number of amides is 1. The van der Waals surface area contributed by atoms with Crippen LogP contribution in [0.4, 0.5) is 0 Å². The quantitative estimate of drug-likeness (QED) is 0.877. The number of rotatable bonds is 6. The highest BCUT2D eigenvalue weighted by Crippen LogP contribution is 2.25. The van der Waals surface area contributed by atoms with Crippen molar-refractivity contribution < 1.29 is 9.53 Å². The molecule has 128 valence electrons. The topological polar surface area (TPSA) is 41.6 Å². The van der Waals surface area contributed by atoms with E-state index in [2.05, 4.69) is 30.4 Å². The van der Waals surface area contributed by atoms with E-state index in [0.29, 0.717) is 5.92 Å². The van der Waals surface area contributed by atoms with Crippen LogP contribution in [0.3, 0.4) is 0 Å². The highest BCUT2D eigenvalue weighted by molar-refractivity contribution is 5.77. The van der Waals surface area contributed by atoms with Crippen LogP contribution in [0.25, 0.3) is 0 Å². The molecule has 1 aliphatic carbocycles. The summed E-state index contributed by atoms with van der Waals surface area (Å²) >= 11 is 0. The predicted molar refractivity (Wildman–Crippen MR) is 93.9 cm³/mol. The van der Waals surface area contributed by atoms with E-state index in [0.717, 1.165) is 29.8 Å². The van der Waals surface area contributed by atoms with Crippen LogP contribution in [-0.4, -0.2) is 44.1 Å². The SMILES string of the molecule is Cc1cc(C)cc(OCC(=O)NC2CCCCC2CN(C)C)c1. The van der Waals surface area contributed by atoms with Gasteiger partial charge in [-0.05, 0) is 70.0 Å². The molecule has 1 amide bonds. The molecule has 0 bridgehead atoms. The number of benzene rings is 1. The summed E-state index contributed by atoms with van der Waals surface area (Å²) in [7, 11) is 4.19. The lowest BCUT2D eigenvalue weighted by atomic mass is 9.84. The third-order valence-electron chi connectivity index (χ3n) is 4.42. The van der Waals surface area contributed by atoms with Crippen molar-refractivity contribution in [3.63, 3.8) is 0 Å². The summed E-state index contributed by atoms with van der Waals surface area (Å²) in [6.07, 6.45) is 4.74. The maximum absolute atomic E-state index is 12.2. The number of hydrogen-bond donors (Lipinski definition) is 1. The molecule has 1 aliphatic rings. The molecular formula is C19H30N2O2. The fraction of sp³-hybridized carbons (Fsp3) is 0.632. The summed E-state index contributed by atoms with van der Waals surface area (Å²) in [5, 5.41) is 3.18. The first-order valence-electron chi connectivity index (χ1n) is 8.59. The number of carbonyl (C=O) groups excluding carboxylic acids is 1. The van der Waals surface area contributed by atoms with Crippen molar-refractivity contribution in [2.24, 2.45) is 5.92 Å². The van der Waals surface area contributed by atoms with Gasteiger partial charge in [0.25, 0.3) is 5.91 Å². The van der Waals surface area contributed by atoms with Crippen LogP contribution in [-0.2, 0) is 4.79 Å². The Labute approximate surface area is 140 Å². The molecule has 2 rings (SSSR count). The third-order valence-corrected chi connectivity index (χ3v) is 4.42. The Morgan fingerprint density at radius 1 is 1.17 bits per heavy atom. The summed E-state index contributed by atoms with van der Waals surface area (Å²) in [5.74, 6) is 1.30. The van der Waals surface area contributed by atoms with Gasteiger partial charge < -0.3 is 15.0 Å². The minimum absolute atomic E-state index is 0.0141. The summed E-state index contributed by atoms with van der Waals surface area (Å²) in [5.41, 5.74) is 2.30. The Morgan fingerprint density at radius 2 is 1.83 bits per heavy atom. The van der Waals surface area contributed by atoms with E-state index in [9.17, 15) is 4.79 Å². The van der Waals surface area contributed by atoms with Crippen molar-refractivity contribution in [2.45, 2.75) is 45.6 Å². The molecule has 0 heterocycles. The molecule has 1 N–H and O–H groups in total. The van der Waals surface area contributed by atoms with Gasteiger partial charge in [0.05, 0.1) is 0 Å². The van der Waals surface area contributed by atoms with E-state index >= 15 is 0 Å². The highest BCUT2D eigenvalue weighted by atomic mass is 16.5. The molecule has 0 aliphatic heterocycles. The number of ether oxygens (including phenoxy) is 1. The zero-order valence-corrected chi connectivity index (χ0v) is 14.9. The fourth-order valence-corrected chi connectivity index (χ4v) is 3.50. The summed E-state index contributed by atoms with van der Waals surface area (Å²) in [6, 6.07) is 6.31. The Kier molecular flexibility index (Phi) is 6.46. The molecule has 2 atom stereocenters. The molecule has 4 heteroatoms. The maximum atomic E-state index is 12.2. The van der Waals surface area contributed by atoms with E-state index in [4.69, 9.17) is 4.74 Å². The highest BCUT2D eigenvalue weighted by Gasteiger charge is 2.26. The van der Waals surface area contributed by atoms with Crippen LogP contribution in [0.5, 0.6) is 5.75 Å². The summed E-state index contributed by atoms with van der Waals surface area (Å²) in [6.45, 7) is 5.19. The first-order chi connectivity index (χ1) is 10.9. The molecule has 0 radical (unpaired) electrons. The van der Waals surface area contributed by atoms with Crippen molar-refractivity contribution in [3.8, 4) is 5.75 Å². The molecule has 1 aromatic rings. The Hall–Kier alpha value is -1.55. The lowest BCUT2D eigenvalue weighted by Gasteiger charge is -2.33. The van der Waals surface area contributed by atoms with E-state index in [1.54, 1.807) is 0 Å².